The van der Waals surface area contributed by atoms with Crippen LogP contribution in [-0.2, 0) is 14.8 Å². The highest BCUT2D eigenvalue weighted by atomic mass is 32.2. The van der Waals surface area contributed by atoms with Gasteiger partial charge in [-0.25, -0.2) is 13.6 Å². The lowest BCUT2D eigenvalue weighted by atomic mass is 9.87. The molecular formula is C18H27N3O5S. The Kier molecular flexibility index (Phi) is 6.61. The number of primary sulfonamides is 1. The molecule has 2 atom stereocenters. The minimum absolute atomic E-state index is 0.0375. The molecule has 0 aromatic heterocycles. The van der Waals surface area contributed by atoms with E-state index in [1.54, 1.807) is 17.9 Å². The Morgan fingerprint density at radius 1 is 1.33 bits per heavy atom. The first-order valence-corrected chi connectivity index (χ1v) is 10.4. The fourth-order valence-corrected chi connectivity index (χ4v) is 4.20. The zero-order valence-corrected chi connectivity index (χ0v) is 16.7. The van der Waals surface area contributed by atoms with Crippen LogP contribution < -0.4 is 5.14 Å². The van der Waals surface area contributed by atoms with E-state index in [1.165, 1.54) is 12.1 Å². The van der Waals surface area contributed by atoms with Crippen molar-refractivity contribution in [3.8, 4) is 0 Å². The summed E-state index contributed by atoms with van der Waals surface area (Å²) >= 11 is 0. The van der Waals surface area contributed by atoms with Crippen LogP contribution in [0.2, 0.25) is 0 Å². The molecule has 0 radical (unpaired) electrons. The van der Waals surface area contributed by atoms with Crippen LogP contribution in [-0.4, -0.2) is 68.4 Å². The van der Waals surface area contributed by atoms with Gasteiger partial charge >= 0.3 is 5.97 Å². The van der Waals surface area contributed by atoms with E-state index < -0.39 is 16.0 Å². The van der Waals surface area contributed by atoms with Gasteiger partial charge in [-0.2, -0.15) is 0 Å². The fourth-order valence-electron chi connectivity index (χ4n) is 3.66. The van der Waals surface area contributed by atoms with Crippen LogP contribution in [0.5, 0.6) is 0 Å². The van der Waals surface area contributed by atoms with Crippen LogP contribution in [0, 0.1) is 12.8 Å². The third-order valence-corrected chi connectivity index (χ3v) is 6.05. The summed E-state index contributed by atoms with van der Waals surface area (Å²) < 4.78 is 23.2. The topological polar surface area (TPSA) is 121 Å². The quantitative estimate of drug-likeness (QED) is 0.736. The molecule has 1 saturated heterocycles. The minimum atomic E-state index is -3.90. The Morgan fingerprint density at radius 2 is 2.00 bits per heavy atom. The Labute approximate surface area is 160 Å². The lowest BCUT2D eigenvalue weighted by molar-refractivity contribution is -0.137. The van der Waals surface area contributed by atoms with Gasteiger partial charge in [0.2, 0.25) is 10.0 Å². The van der Waals surface area contributed by atoms with Crippen molar-refractivity contribution < 1.29 is 23.1 Å². The van der Waals surface area contributed by atoms with Gasteiger partial charge in [0, 0.05) is 31.1 Å². The number of likely N-dealkylation sites (tertiary alicyclic amines) is 1. The second-order valence-corrected chi connectivity index (χ2v) is 8.85. The fraction of sp³-hybridized carbons (Fsp3) is 0.556. The van der Waals surface area contributed by atoms with Crippen LogP contribution in [0.3, 0.4) is 0 Å². The second kappa shape index (κ2) is 8.37. The number of hydrogen-bond donors (Lipinski definition) is 2. The highest BCUT2D eigenvalue weighted by Crippen LogP contribution is 2.27. The Bertz CT molecular complexity index is 822. The van der Waals surface area contributed by atoms with Crippen LogP contribution >= 0.6 is 0 Å². The number of nitrogens with two attached hydrogens (primary N) is 1. The molecule has 1 amide bonds. The molecule has 0 bridgehead atoms. The Morgan fingerprint density at radius 3 is 2.56 bits per heavy atom. The third kappa shape index (κ3) is 5.27. The molecular weight excluding hydrogens is 370 g/mol. The highest BCUT2D eigenvalue weighted by Gasteiger charge is 2.33. The molecule has 1 aromatic rings. The van der Waals surface area contributed by atoms with Crippen LogP contribution in [0.25, 0.3) is 0 Å². The molecule has 1 aliphatic heterocycles. The molecule has 27 heavy (non-hydrogen) atoms. The largest absolute Gasteiger partial charge is 0.481 e. The molecule has 0 saturated carbocycles. The van der Waals surface area contributed by atoms with Crippen molar-refractivity contribution in [1.82, 2.24) is 9.80 Å². The smallest absolute Gasteiger partial charge is 0.303 e. The monoisotopic (exact) mass is 397 g/mol. The van der Waals surface area contributed by atoms with Gasteiger partial charge in [-0.1, -0.05) is 6.07 Å². The van der Waals surface area contributed by atoms with Crippen molar-refractivity contribution in [3.63, 3.8) is 0 Å². The normalized spacial score (nSPS) is 20.7. The summed E-state index contributed by atoms with van der Waals surface area (Å²) in [6, 6.07) is 4.47. The summed E-state index contributed by atoms with van der Waals surface area (Å²) in [6.07, 6.45) is 1.27. The lowest BCUT2D eigenvalue weighted by Crippen LogP contribution is -2.50. The van der Waals surface area contributed by atoms with Gasteiger partial charge in [-0.05, 0) is 57.5 Å². The number of aryl methyl sites for hydroxylation is 1. The zero-order valence-electron chi connectivity index (χ0n) is 15.9. The van der Waals surface area contributed by atoms with E-state index in [1.807, 2.05) is 14.1 Å². The van der Waals surface area contributed by atoms with Gasteiger partial charge in [-0.15, -0.1) is 0 Å². The first-order chi connectivity index (χ1) is 12.5. The number of carbonyl (C=O) groups excluding carboxylic acids is 1. The summed E-state index contributed by atoms with van der Waals surface area (Å²) in [4.78, 5) is 27.6. The van der Waals surface area contributed by atoms with Crippen molar-refractivity contribution in [1.29, 1.82) is 0 Å². The van der Waals surface area contributed by atoms with E-state index in [2.05, 4.69) is 4.90 Å². The van der Waals surface area contributed by atoms with Gasteiger partial charge in [0.15, 0.2) is 0 Å². The summed E-state index contributed by atoms with van der Waals surface area (Å²) in [5.74, 6) is -1.07. The molecule has 1 fully saturated rings. The number of sulfonamides is 1. The molecule has 2 rings (SSSR count). The molecule has 8 nitrogen and oxygen atoms in total. The number of hydrogen-bond acceptors (Lipinski definition) is 5. The number of carboxylic acid groups (broad SMARTS) is 1. The molecule has 9 heteroatoms. The lowest BCUT2D eigenvalue weighted by Gasteiger charge is -2.41. The number of amides is 1. The average molecular weight is 397 g/mol. The number of nitrogens with zero attached hydrogens (tertiary/aromatic N) is 2. The number of carbonyl (C=O) groups is 2. The minimum Gasteiger partial charge on any atom is -0.481 e. The number of aliphatic carboxylic acids is 1. The maximum absolute atomic E-state index is 13.0. The summed E-state index contributed by atoms with van der Waals surface area (Å²) in [6.45, 7) is 2.72. The third-order valence-electron chi connectivity index (χ3n) is 5.14. The van der Waals surface area contributed by atoms with E-state index in [-0.39, 0.29) is 29.2 Å². The molecule has 0 aliphatic carbocycles. The van der Waals surface area contributed by atoms with Gasteiger partial charge in [0.1, 0.15) is 0 Å². The maximum Gasteiger partial charge on any atom is 0.303 e. The molecule has 3 N–H and O–H groups in total. The predicted octanol–water partition coefficient (Wildman–Crippen LogP) is 0.900. The van der Waals surface area contributed by atoms with Gasteiger partial charge < -0.3 is 14.9 Å². The predicted molar refractivity (Wildman–Crippen MR) is 101 cm³/mol. The van der Waals surface area contributed by atoms with Crippen LogP contribution in [0.15, 0.2) is 23.1 Å². The summed E-state index contributed by atoms with van der Waals surface area (Å²) in [5.41, 5.74) is 0.978. The first-order valence-electron chi connectivity index (χ1n) is 8.81. The molecule has 0 spiro atoms. The number of carboxylic acids is 1. The summed E-state index contributed by atoms with van der Waals surface area (Å²) in [5, 5.41) is 14.2. The van der Waals surface area contributed by atoms with Crippen molar-refractivity contribution in [2.75, 3.05) is 27.2 Å². The van der Waals surface area contributed by atoms with E-state index in [4.69, 9.17) is 10.2 Å². The van der Waals surface area contributed by atoms with Gasteiger partial charge in [0.25, 0.3) is 5.91 Å². The van der Waals surface area contributed by atoms with Crippen LogP contribution in [0.1, 0.15) is 35.2 Å². The second-order valence-electron chi connectivity index (χ2n) is 7.29. The molecule has 1 aromatic carbocycles. The van der Waals surface area contributed by atoms with Crippen molar-refractivity contribution in [3.05, 3.63) is 29.3 Å². The Hall–Kier alpha value is -1.97. The van der Waals surface area contributed by atoms with E-state index in [9.17, 15) is 18.0 Å². The molecule has 150 valence electrons. The van der Waals surface area contributed by atoms with Crippen molar-refractivity contribution in [2.45, 2.75) is 37.1 Å². The molecule has 0 unspecified atom stereocenters. The van der Waals surface area contributed by atoms with E-state index in [0.717, 1.165) is 6.42 Å². The zero-order chi connectivity index (χ0) is 20.4. The number of piperidine rings is 1. The number of benzene rings is 1. The Balaban J connectivity index is 2.25. The standard InChI is InChI=1S/C18H27N3O5S/c1-12-4-6-14(27(19,25)26)10-15(12)18(24)21-9-8-16(20(2)3)13(11-21)5-7-17(22)23/h4,6,10,13,16H,5,7-9,11H2,1-3H3,(H,22,23)(H2,19,25,26)/t13-,16+/m0/s1. The maximum atomic E-state index is 13.0. The SMILES string of the molecule is Cc1ccc(S(N)(=O)=O)cc1C(=O)N1CC[C@@H](N(C)C)[C@@H](CCC(=O)O)C1. The van der Waals surface area contributed by atoms with E-state index >= 15 is 0 Å². The highest BCUT2D eigenvalue weighted by molar-refractivity contribution is 7.89. The molecule has 1 aliphatic rings. The molecule has 1 heterocycles. The average Bonchev–Trinajstić information content (AvgIpc) is 2.58. The first kappa shape index (κ1) is 21.3. The van der Waals surface area contributed by atoms with Crippen LogP contribution in [0.4, 0.5) is 0 Å². The van der Waals surface area contributed by atoms with Crippen molar-refractivity contribution >= 4 is 21.9 Å². The van der Waals surface area contributed by atoms with Gasteiger partial charge in [-0.3, -0.25) is 9.59 Å². The van der Waals surface area contributed by atoms with Gasteiger partial charge in [0.05, 0.1) is 4.90 Å². The van der Waals surface area contributed by atoms with Crippen molar-refractivity contribution in [2.24, 2.45) is 11.1 Å². The number of rotatable bonds is 6. The van der Waals surface area contributed by atoms with E-state index in [0.29, 0.717) is 30.6 Å². The summed E-state index contributed by atoms with van der Waals surface area (Å²) in [7, 11) is 0.0101.